The van der Waals surface area contributed by atoms with Crippen molar-refractivity contribution < 1.29 is 9.52 Å². The number of benzene rings is 2. The van der Waals surface area contributed by atoms with Gasteiger partial charge in [-0.2, -0.15) is 0 Å². The molecule has 1 aromatic heterocycles. The number of anilines is 1. The summed E-state index contributed by atoms with van der Waals surface area (Å²) in [6.45, 7) is 8.71. The Morgan fingerprint density at radius 2 is 1.64 bits per heavy atom. The SMILES string of the molecule is CC.CCNc1nnc(CCc2ccc(O)cc2)o1.Cc1ccc(Cl)c(Cl)c1. The number of aromatic hydroxyl groups is 1. The van der Waals surface area contributed by atoms with E-state index in [9.17, 15) is 0 Å². The fourth-order valence-electron chi connectivity index (χ4n) is 2.09. The number of halogens is 2. The van der Waals surface area contributed by atoms with Crippen molar-refractivity contribution in [3.8, 4) is 5.75 Å². The van der Waals surface area contributed by atoms with E-state index in [1.54, 1.807) is 18.2 Å². The van der Waals surface area contributed by atoms with E-state index in [1.807, 2.05) is 52.0 Å². The molecule has 28 heavy (non-hydrogen) atoms. The van der Waals surface area contributed by atoms with Gasteiger partial charge in [-0.05, 0) is 55.7 Å². The highest BCUT2D eigenvalue weighted by atomic mass is 35.5. The van der Waals surface area contributed by atoms with Crippen molar-refractivity contribution in [3.63, 3.8) is 0 Å². The van der Waals surface area contributed by atoms with Gasteiger partial charge in [0, 0.05) is 13.0 Å². The van der Waals surface area contributed by atoms with Crippen LogP contribution in [0.1, 0.15) is 37.8 Å². The number of phenols is 1. The third-order valence-electron chi connectivity index (χ3n) is 3.43. The van der Waals surface area contributed by atoms with Crippen LogP contribution in [0.2, 0.25) is 10.0 Å². The highest BCUT2D eigenvalue weighted by Gasteiger charge is 2.05. The van der Waals surface area contributed by atoms with Gasteiger partial charge in [0.05, 0.1) is 10.0 Å². The number of nitrogens with one attached hydrogen (secondary N) is 1. The Hall–Kier alpha value is -2.24. The number of nitrogens with zero attached hydrogens (tertiary/aromatic N) is 2. The van der Waals surface area contributed by atoms with Gasteiger partial charge in [-0.3, -0.25) is 0 Å². The van der Waals surface area contributed by atoms with Gasteiger partial charge in [0.1, 0.15) is 5.75 Å². The van der Waals surface area contributed by atoms with E-state index >= 15 is 0 Å². The van der Waals surface area contributed by atoms with E-state index in [0.29, 0.717) is 28.4 Å². The maximum atomic E-state index is 9.16. The molecule has 0 unspecified atom stereocenters. The van der Waals surface area contributed by atoms with Gasteiger partial charge in [0.25, 0.3) is 0 Å². The summed E-state index contributed by atoms with van der Waals surface area (Å²) in [5, 5.41) is 21.2. The summed E-state index contributed by atoms with van der Waals surface area (Å²) in [4.78, 5) is 0. The monoisotopic (exact) mass is 423 g/mol. The maximum Gasteiger partial charge on any atom is 0.315 e. The number of hydrogen-bond acceptors (Lipinski definition) is 5. The second-order valence-electron chi connectivity index (χ2n) is 5.62. The van der Waals surface area contributed by atoms with E-state index in [2.05, 4.69) is 15.5 Å². The zero-order chi connectivity index (χ0) is 20.9. The van der Waals surface area contributed by atoms with Gasteiger partial charge in [-0.15, -0.1) is 5.10 Å². The molecule has 0 fully saturated rings. The lowest BCUT2D eigenvalue weighted by atomic mass is 10.1. The van der Waals surface area contributed by atoms with Crippen molar-refractivity contribution in [3.05, 3.63) is 69.5 Å². The second-order valence-corrected chi connectivity index (χ2v) is 6.43. The second kappa shape index (κ2) is 13.0. The third kappa shape index (κ3) is 8.63. The van der Waals surface area contributed by atoms with E-state index < -0.39 is 0 Å². The zero-order valence-electron chi connectivity index (χ0n) is 16.7. The standard InChI is InChI=1S/C12H15N3O2.C7H6Cl2.C2H6/c1-2-13-12-15-14-11(17-12)8-5-9-3-6-10(16)7-4-9;1-5-2-3-6(8)7(9)4-5;1-2/h3-4,6-7,16H,2,5,8H2,1H3,(H,13,15);2-4H,1H3;1-2H3. The van der Waals surface area contributed by atoms with Gasteiger partial charge in [0.15, 0.2) is 0 Å². The number of hydrogen-bond donors (Lipinski definition) is 2. The molecule has 3 aromatic rings. The molecule has 0 aliphatic heterocycles. The van der Waals surface area contributed by atoms with Crippen LogP contribution in [-0.2, 0) is 12.8 Å². The normalized spacial score (nSPS) is 9.64. The predicted molar refractivity (Wildman–Crippen MR) is 117 cm³/mol. The number of aryl methyl sites for hydroxylation is 3. The van der Waals surface area contributed by atoms with Crippen LogP contribution < -0.4 is 5.32 Å². The van der Waals surface area contributed by atoms with E-state index in [1.165, 1.54) is 0 Å². The number of rotatable bonds is 5. The Morgan fingerprint density at radius 3 is 2.21 bits per heavy atom. The third-order valence-corrected chi connectivity index (χ3v) is 4.17. The van der Waals surface area contributed by atoms with Crippen LogP contribution in [0, 0.1) is 6.92 Å². The molecule has 0 saturated carbocycles. The molecule has 0 aliphatic carbocycles. The van der Waals surface area contributed by atoms with Crippen LogP contribution in [-0.4, -0.2) is 21.8 Å². The predicted octanol–water partition coefficient (Wildman–Crippen LogP) is 6.32. The van der Waals surface area contributed by atoms with Crippen molar-refractivity contribution >= 4 is 29.2 Å². The molecular formula is C21H27Cl2N3O2. The first-order valence-electron chi connectivity index (χ1n) is 9.23. The fourth-order valence-corrected chi connectivity index (χ4v) is 2.44. The zero-order valence-corrected chi connectivity index (χ0v) is 18.2. The average Bonchev–Trinajstić information content (AvgIpc) is 3.15. The molecule has 3 rings (SSSR count). The van der Waals surface area contributed by atoms with Gasteiger partial charge in [-0.1, -0.05) is 60.3 Å². The first-order valence-corrected chi connectivity index (χ1v) is 9.99. The molecule has 2 N–H and O–H groups in total. The molecule has 5 nitrogen and oxygen atoms in total. The fraction of sp³-hybridized carbons (Fsp3) is 0.333. The van der Waals surface area contributed by atoms with Crippen LogP contribution in [0.5, 0.6) is 5.75 Å². The lowest BCUT2D eigenvalue weighted by molar-refractivity contribution is 0.475. The molecule has 0 bridgehead atoms. The summed E-state index contributed by atoms with van der Waals surface area (Å²) >= 11 is 11.3. The quantitative estimate of drug-likeness (QED) is 0.502. The molecule has 0 spiro atoms. The van der Waals surface area contributed by atoms with Crippen LogP contribution in [0.4, 0.5) is 6.01 Å². The molecular weight excluding hydrogens is 397 g/mol. The summed E-state index contributed by atoms with van der Waals surface area (Å²) in [5.41, 5.74) is 2.26. The Morgan fingerprint density at radius 1 is 0.964 bits per heavy atom. The smallest absolute Gasteiger partial charge is 0.315 e. The molecule has 0 amide bonds. The van der Waals surface area contributed by atoms with Crippen LogP contribution in [0.3, 0.4) is 0 Å². The Balaban J connectivity index is 0.000000301. The average molecular weight is 424 g/mol. The summed E-state index contributed by atoms with van der Waals surface area (Å²) in [7, 11) is 0. The summed E-state index contributed by atoms with van der Waals surface area (Å²) in [6, 6.07) is 13.1. The minimum atomic E-state index is 0.279. The molecule has 0 atom stereocenters. The maximum absolute atomic E-state index is 9.16. The highest BCUT2D eigenvalue weighted by molar-refractivity contribution is 6.41. The van der Waals surface area contributed by atoms with Crippen LogP contribution in [0.25, 0.3) is 0 Å². The molecule has 0 radical (unpaired) electrons. The largest absolute Gasteiger partial charge is 0.508 e. The number of aromatic nitrogens is 2. The van der Waals surface area contributed by atoms with E-state index in [-0.39, 0.29) is 5.75 Å². The molecule has 7 heteroatoms. The minimum absolute atomic E-state index is 0.279. The molecule has 1 heterocycles. The van der Waals surface area contributed by atoms with Crippen molar-refractivity contribution in [2.24, 2.45) is 0 Å². The van der Waals surface area contributed by atoms with E-state index in [4.69, 9.17) is 32.7 Å². The van der Waals surface area contributed by atoms with Crippen molar-refractivity contribution in [1.82, 2.24) is 10.2 Å². The molecule has 0 aliphatic rings. The van der Waals surface area contributed by atoms with Crippen molar-refractivity contribution in [2.45, 2.75) is 40.5 Å². The summed E-state index contributed by atoms with van der Waals surface area (Å²) in [5.74, 6) is 0.898. The first-order chi connectivity index (χ1) is 13.5. The number of phenolic OH excluding ortho intramolecular Hbond substituents is 1. The Bertz CT molecular complexity index is 821. The minimum Gasteiger partial charge on any atom is -0.508 e. The topological polar surface area (TPSA) is 71.2 Å². The van der Waals surface area contributed by atoms with Gasteiger partial charge in [-0.25, -0.2) is 0 Å². The first kappa shape index (κ1) is 23.8. The van der Waals surface area contributed by atoms with Crippen molar-refractivity contribution in [1.29, 1.82) is 0 Å². The van der Waals surface area contributed by atoms with Crippen LogP contribution in [0.15, 0.2) is 46.9 Å². The molecule has 2 aromatic carbocycles. The van der Waals surface area contributed by atoms with Gasteiger partial charge in [0.2, 0.25) is 5.89 Å². The summed E-state index contributed by atoms with van der Waals surface area (Å²) < 4.78 is 5.39. The summed E-state index contributed by atoms with van der Waals surface area (Å²) in [6.07, 6.45) is 1.51. The highest BCUT2D eigenvalue weighted by Crippen LogP contribution is 2.21. The van der Waals surface area contributed by atoms with Gasteiger partial charge < -0.3 is 14.8 Å². The van der Waals surface area contributed by atoms with E-state index in [0.717, 1.165) is 24.1 Å². The van der Waals surface area contributed by atoms with Crippen LogP contribution >= 0.6 is 23.2 Å². The Labute approximate surface area is 176 Å². The van der Waals surface area contributed by atoms with Crippen molar-refractivity contribution in [2.75, 3.05) is 11.9 Å². The van der Waals surface area contributed by atoms with Gasteiger partial charge >= 0.3 is 6.01 Å². The Kier molecular flexibility index (Phi) is 11.1. The molecule has 152 valence electrons. The lowest BCUT2D eigenvalue weighted by Gasteiger charge is -1.98. The lowest BCUT2D eigenvalue weighted by Crippen LogP contribution is -1.95. The molecule has 0 saturated heterocycles.